The number of hydrogen-bond donors (Lipinski definition) is 1. The average Bonchev–Trinajstić information content (AvgIpc) is 2.71. The second-order valence-electron chi connectivity index (χ2n) is 3.95. The third-order valence-electron chi connectivity index (χ3n) is 2.96. The van der Waals surface area contributed by atoms with Crippen LogP contribution in [0.4, 0.5) is 0 Å². The Kier molecular flexibility index (Phi) is 2.48. The van der Waals surface area contributed by atoms with Crippen molar-refractivity contribution in [3.05, 3.63) is 17.0 Å². The summed E-state index contributed by atoms with van der Waals surface area (Å²) in [5.74, 6) is -1.04. The van der Waals surface area contributed by atoms with Crippen molar-refractivity contribution in [1.29, 1.82) is 0 Å². The fraction of sp³-hybridized carbons (Fsp3) is 0.600. The first-order chi connectivity index (χ1) is 7.11. The van der Waals surface area contributed by atoms with Crippen LogP contribution in [0.1, 0.15) is 40.7 Å². The minimum atomic E-state index is -1.04. The molecule has 1 aliphatic heterocycles. The summed E-state index contributed by atoms with van der Waals surface area (Å²) in [7, 11) is 2.00. The molecular weight excluding hydrogens is 196 g/mol. The molecule has 0 saturated carbocycles. The van der Waals surface area contributed by atoms with Gasteiger partial charge in [-0.05, 0) is 33.4 Å². The minimum absolute atomic E-state index is 0.00810. The van der Waals surface area contributed by atoms with Crippen LogP contribution in [0.2, 0.25) is 0 Å². The summed E-state index contributed by atoms with van der Waals surface area (Å²) in [6.45, 7) is 2.78. The first-order valence-electron chi connectivity index (χ1n) is 5.01. The van der Waals surface area contributed by atoms with E-state index in [9.17, 15) is 4.79 Å². The van der Waals surface area contributed by atoms with E-state index in [1.54, 1.807) is 6.92 Å². The van der Waals surface area contributed by atoms with E-state index < -0.39 is 5.97 Å². The van der Waals surface area contributed by atoms with Crippen molar-refractivity contribution in [2.45, 2.75) is 25.8 Å². The van der Waals surface area contributed by atoms with Crippen LogP contribution in [0.3, 0.4) is 0 Å². The summed E-state index contributed by atoms with van der Waals surface area (Å²) in [4.78, 5) is 13.1. The van der Waals surface area contributed by atoms with Gasteiger partial charge in [-0.25, -0.2) is 4.79 Å². The van der Waals surface area contributed by atoms with Crippen molar-refractivity contribution in [3.8, 4) is 0 Å². The molecule has 1 aliphatic rings. The molecule has 0 bridgehead atoms. The van der Waals surface area contributed by atoms with Gasteiger partial charge in [-0.2, -0.15) is 0 Å². The minimum Gasteiger partial charge on any atom is -0.475 e. The second-order valence-corrected chi connectivity index (χ2v) is 3.95. The van der Waals surface area contributed by atoms with Crippen LogP contribution in [0.25, 0.3) is 0 Å². The van der Waals surface area contributed by atoms with Crippen LogP contribution in [-0.4, -0.2) is 34.7 Å². The largest absolute Gasteiger partial charge is 0.475 e. The van der Waals surface area contributed by atoms with Crippen LogP contribution in [0, 0.1) is 6.92 Å². The maximum absolute atomic E-state index is 10.9. The quantitative estimate of drug-likeness (QED) is 0.800. The van der Waals surface area contributed by atoms with Crippen molar-refractivity contribution in [3.63, 3.8) is 0 Å². The van der Waals surface area contributed by atoms with E-state index in [2.05, 4.69) is 10.1 Å². The van der Waals surface area contributed by atoms with E-state index in [0.717, 1.165) is 24.9 Å². The Hall–Kier alpha value is -1.36. The maximum atomic E-state index is 10.9. The van der Waals surface area contributed by atoms with Crippen LogP contribution in [-0.2, 0) is 0 Å². The number of likely N-dealkylation sites (tertiary alicyclic amines) is 1. The van der Waals surface area contributed by atoms with E-state index >= 15 is 0 Å². The molecule has 2 rings (SSSR count). The summed E-state index contributed by atoms with van der Waals surface area (Å²) in [5, 5.41) is 12.7. The normalized spacial score (nSPS) is 22.1. The molecule has 82 valence electrons. The molecular formula is C10H14N2O3. The topological polar surface area (TPSA) is 66.6 Å². The lowest BCUT2D eigenvalue weighted by Gasteiger charge is -2.18. The van der Waals surface area contributed by atoms with E-state index in [1.807, 2.05) is 7.05 Å². The molecule has 1 fully saturated rings. The first kappa shape index (κ1) is 10.2. The molecule has 1 N–H and O–H groups in total. The zero-order chi connectivity index (χ0) is 11.0. The van der Waals surface area contributed by atoms with Crippen LogP contribution < -0.4 is 0 Å². The van der Waals surface area contributed by atoms with Gasteiger partial charge in [0.05, 0.1) is 5.69 Å². The Morgan fingerprint density at radius 1 is 1.67 bits per heavy atom. The monoisotopic (exact) mass is 210 g/mol. The average molecular weight is 210 g/mol. The predicted molar refractivity (Wildman–Crippen MR) is 52.8 cm³/mol. The Bertz CT molecular complexity index is 386. The number of hydrogen-bond acceptors (Lipinski definition) is 4. The van der Waals surface area contributed by atoms with Crippen LogP contribution in [0.15, 0.2) is 4.52 Å². The number of carboxylic acids is 1. The molecule has 0 spiro atoms. The highest BCUT2D eigenvalue weighted by atomic mass is 16.5. The van der Waals surface area contributed by atoms with Crippen molar-refractivity contribution >= 4 is 5.97 Å². The Morgan fingerprint density at radius 3 is 2.93 bits per heavy atom. The lowest BCUT2D eigenvalue weighted by atomic mass is 10.0. The van der Waals surface area contributed by atoms with Gasteiger partial charge >= 0.3 is 5.97 Å². The van der Waals surface area contributed by atoms with Gasteiger partial charge in [-0.3, -0.25) is 4.90 Å². The Labute approximate surface area is 87.7 Å². The summed E-state index contributed by atoms with van der Waals surface area (Å²) < 4.78 is 4.84. The predicted octanol–water partition coefficient (Wildman–Crippen LogP) is 1.45. The highest BCUT2D eigenvalue weighted by Gasteiger charge is 2.31. The van der Waals surface area contributed by atoms with E-state index in [1.165, 1.54) is 0 Å². The molecule has 1 unspecified atom stereocenters. The number of aromatic nitrogens is 1. The van der Waals surface area contributed by atoms with Gasteiger partial charge in [-0.15, -0.1) is 0 Å². The number of carboxylic acid groups (broad SMARTS) is 1. The fourth-order valence-electron chi connectivity index (χ4n) is 2.20. The van der Waals surface area contributed by atoms with Crippen molar-refractivity contribution < 1.29 is 14.4 Å². The van der Waals surface area contributed by atoms with Gasteiger partial charge in [0.25, 0.3) is 0 Å². The van der Waals surface area contributed by atoms with Crippen molar-refractivity contribution in [1.82, 2.24) is 10.1 Å². The molecule has 15 heavy (non-hydrogen) atoms. The fourth-order valence-corrected chi connectivity index (χ4v) is 2.20. The zero-order valence-electron chi connectivity index (χ0n) is 8.86. The van der Waals surface area contributed by atoms with Gasteiger partial charge in [0.1, 0.15) is 0 Å². The molecule has 0 radical (unpaired) electrons. The number of rotatable bonds is 2. The molecule has 0 aliphatic carbocycles. The van der Waals surface area contributed by atoms with Gasteiger partial charge in [0.2, 0.25) is 5.76 Å². The van der Waals surface area contributed by atoms with Gasteiger partial charge in [0, 0.05) is 11.6 Å². The lowest BCUT2D eigenvalue weighted by molar-refractivity contribution is 0.0648. The van der Waals surface area contributed by atoms with Gasteiger partial charge < -0.3 is 9.63 Å². The number of carbonyl (C=O) groups is 1. The SMILES string of the molecule is Cc1noc(C(=O)O)c1C1CCCN1C. The molecule has 1 aromatic rings. The standard InChI is InChI=1S/C10H14N2O3/c1-6-8(7-4-3-5-12(7)2)9(10(13)14)15-11-6/h7H,3-5H2,1-2H3,(H,13,14). The summed E-state index contributed by atoms with van der Waals surface area (Å²) in [5.41, 5.74) is 1.42. The number of aromatic carboxylic acids is 1. The molecule has 1 aromatic heterocycles. The van der Waals surface area contributed by atoms with E-state index in [4.69, 9.17) is 9.63 Å². The summed E-state index contributed by atoms with van der Waals surface area (Å²) >= 11 is 0. The smallest absolute Gasteiger partial charge is 0.375 e. The second kappa shape index (κ2) is 3.66. The molecule has 1 saturated heterocycles. The molecule has 2 heterocycles. The molecule has 5 nitrogen and oxygen atoms in total. The Balaban J connectivity index is 2.41. The molecule has 0 amide bonds. The van der Waals surface area contributed by atoms with E-state index in [0.29, 0.717) is 5.69 Å². The lowest BCUT2D eigenvalue weighted by Crippen LogP contribution is -2.19. The first-order valence-corrected chi connectivity index (χ1v) is 5.01. The van der Waals surface area contributed by atoms with Crippen molar-refractivity contribution in [2.24, 2.45) is 0 Å². The number of aryl methyl sites for hydroxylation is 1. The van der Waals surface area contributed by atoms with Crippen LogP contribution in [0.5, 0.6) is 0 Å². The third kappa shape index (κ3) is 1.63. The Morgan fingerprint density at radius 2 is 2.40 bits per heavy atom. The van der Waals surface area contributed by atoms with Crippen molar-refractivity contribution in [2.75, 3.05) is 13.6 Å². The van der Waals surface area contributed by atoms with E-state index in [-0.39, 0.29) is 11.8 Å². The van der Waals surface area contributed by atoms with Gasteiger partial charge in [0.15, 0.2) is 0 Å². The number of nitrogens with zero attached hydrogens (tertiary/aromatic N) is 2. The summed E-state index contributed by atoms with van der Waals surface area (Å²) in [6.07, 6.45) is 2.06. The highest BCUT2D eigenvalue weighted by molar-refractivity contribution is 5.86. The highest BCUT2D eigenvalue weighted by Crippen LogP contribution is 2.34. The molecule has 1 atom stereocenters. The van der Waals surface area contributed by atoms with Gasteiger partial charge in [-0.1, -0.05) is 5.16 Å². The molecule has 5 heteroatoms. The van der Waals surface area contributed by atoms with Crippen LogP contribution >= 0.6 is 0 Å². The molecule has 0 aromatic carbocycles. The third-order valence-corrected chi connectivity index (χ3v) is 2.96. The zero-order valence-corrected chi connectivity index (χ0v) is 8.86. The maximum Gasteiger partial charge on any atom is 0.375 e. The summed E-state index contributed by atoms with van der Waals surface area (Å²) in [6, 6.07) is 0.141.